The summed E-state index contributed by atoms with van der Waals surface area (Å²) in [5, 5.41) is 14.1. The number of nitrogens with one attached hydrogen (secondary N) is 2. The van der Waals surface area contributed by atoms with E-state index in [9.17, 15) is 18.0 Å². The second-order valence-corrected chi connectivity index (χ2v) is 6.84. The molecular weight excluding hydrogens is 395 g/mol. The van der Waals surface area contributed by atoms with E-state index in [1.54, 1.807) is 17.8 Å². The first-order valence-electron chi connectivity index (χ1n) is 8.92. The van der Waals surface area contributed by atoms with Gasteiger partial charge in [0.05, 0.1) is 17.8 Å². The molecule has 6 nitrogen and oxygen atoms in total. The molecular formula is C18H23ClF3N5O. The van der Waals surface area contributed by atoms with Crippen LogP contribution in [0.4, 0.5) is 13.2 Å². The fourth-order valence-electron chi connectivity index (χ4n) is 3.16. The topological polar surface area (TPSA) is 71.8 Å². The van der Waals surface area contributed by atoms with Crippen LogP contribution in [0.5, 0.6) is 0 Å². The summed E-state index contributed by atoms with van der Waals surface area (Å²) in [6, 6.07) is 4.95. The van der Waals surface area contributed by atoms with Crippen LogP contribution in [0.3, 0.4) is 0 Å². The number of benzene rings is 1. The summed E-state index contributed by atoms with van der Waals surface area (Å²) < 4.78 is 39.5. The Labute approximate surface area is 167 Å². The number of hydrogen-bond donors (Lipinski definition) is 2. The molecule has 154 valence electrons. The Morgan fingerprint density at radius 1 is 1.29 bits per heavy atom. The monoisotopic (exact) mass is 417 g/mol. The van der Waals surface area contributed by atoms with Gasteiger partial charge in [0.1, 0.15) is 0 Å². The normalized spacial score (nSPS) is 16.3. The third-order valence-corrected chi connectivity index (χ3v) is 4.63. The molecule has 1 saturated heterocycles. The van der Waals surface area contributed by atoms with Crippen molar-refractivity contribution >= 4 is 18.3 Å². The van der Waals surface area contributed by atoms with Gasteiger partial charge in [-0.2, -0.15) is 13.2 Å². The van der Waals surface area contributed by atoms with Gasteiger partial charge in [-0.25, -0.2) is 4.68 Å². The van der Waals surface area contributed by atoms with Crippen LogP contribution in [-0.2, 0) is 12.6 Å². The summed E-state index contributed by atoms with van der Waals surface area (Å²) in [6.45, 7) is 3.62. The van der Waals surface area contributed by atoms with E-state index in [0.717, 1.165) is 38.1 Å². The molecule has 1 aromatic carbocycles. The second-order valence-electron chi connectivity index (χ2n) is 6.84. The molecule has 10 heteroatoms. The van der Waals surface area contributed by atoms with Crippen LogP contribution < -0.4 is 10.6 Å². The van der Waals surface area contributed by atoms with Gasteiger partial charge in [-0.15, -0.1) is 17.5 Å². The van der Waals surface area contributed by atoms with E-state index >= 15 is 0 Å². The molecule has 1 atom stereocenters. The first-order chi connectivity index (χ1) is 12.8. The number of hydrogen-bond acceptors (Lipinski definition) is 4. The molecule has 2 N–H and O–H groups in total. The van der Waals surface area contributed by atoms with Crippen molar-refractivity contribution in [3.8, 4) is 0 Å². The van der Waals surface area contributed by atoms with Gasteiger partial charge in [-0.05, 0) is 57.0 Å². The van der Waals surface area contributed by atoms with Crippen LogP contribution in [0.25, 0.3) is 0 Å². The molecule has 0 aliphatic carbocycles. The molecule has 2 heterocycles. The van der Waals surface area contributed by atoms with Crippen LogP contribution in [0, 0.1) is 0 Å². The first-order valence-corrected chi connectivity index (χ1v) is 8.92. The molecule has 1 amide bonds. The lowest BCUT2D eigenvalue weighted by Crippen LogP contribution is -2.34. The van der Waals surface area contributed by atoms with Crippen LogP contribution in [0.2, 0.25) is 0 Å². The summed E-state index contributed by atoms with van der Waals surface area (Å²) >= 11 is 0. The van der Waals surface area contributed by atoms with Crippen molar-refractivity contribution in [2.24, 2.45) is 0 Å². The molecule has 1 aromatic heterocycles. The zero-order chi connectivity index (χ0) is 19.4. The Hall–Kier alpha value is -2.13. The van der Waals surface area contributed by atoms with E-state index in [1.165, 1.54) is 12.1 Å². The SMILES string of the molecule is CC(Cc1ccc(C(F)(F)F)cc1)NC(=O)c1cn(C2CCNCC2)nn1.Cl. The predicted molar refractivity (Wildman–Crippen MR) is 100 cm³/mol. The number of rotatable bonds is 5. The Morgan fingerprint density at radius 3 is 2.54 bits per heavy atom. The Balaban J connectivity index is 0.00000280. The average Bonchev–Trinajstić information content (AvgIpc) is 3.12. The number of amides is 1. The van der Waals surface area contributed by atoms with Gasteiger partial charge < -0.3 is 10.6 Å². The fraction of sp³-hybridized carbons (Fsp3) is 0.500. The van der Waals surface area contributed by atoms with Crippen LogP contribution in [0.1, 0.15) is 47.4 Å². The van der Waals surface area contributed by atoms with Gasteiger partial charge in [-0.1, -0.05) is 17.3 Å². The summed E-state index contributed by atoms with van der Waals surface area (Å²) in [6.07, 6.45) is -0.398. The van der Waals surface area contributed by atoms with Crippen LogP contribution >= 0.6 is 12.4 Å². The van der Waals surface area contributed by atoms with Gasteiger partial charge in [-0.3, -0.25) is 4.79 Å². The molecule has 1 unspecified atom stereocenters. The molecule has 1 aliphatic rings. The smallest absolute Gasteiger partial charge is 0.348 e. The zero-order valence-corrected chi connectivity index (χ0v) is 16.2. The second kappa shape index (κ2) is 9.38. The van der Waals surface area contributed by atoms with Crippen molar-refractivity contribution in [1.82, 2.24) is 25.6 Å². The summed E-state index contributed by atoms with van der Waals surface area (Å²) in [5.74, 6) is -0.338. The molecule has 3 rings (SSSR count). The third-order valence-electron chi connectivity index (χ3n) is 4.63. The molecule has 0 spiro atoms. The fourth-order valence-corrected chi connectivity index (χ4v) is 3.16. The number of carbonyl (C=O) groups is 1. The largest absolute Gasteiger partial charge is 0.416 e. The van der Waals surface area contributed by atoms with Crippen molar-refractivity contribution in [3.63, 3.8) is 0 Å². The lowest BCUT2D eigenvalue weighted by atomic mass is 10.0. The minimum Gasteiger partial charge on any atom is -0.348 e. The molecule has 1 fully saturated rings. The molecule has 28 heavy (non-hydrogen) atoms. The highest BCUT2D eigenvalue weighted by molar-refractivity contribution is 5.92. The number of carbonyl (C=O) groups excluding carboxylic acids is 1. The molecule has 2 aromatic rings. The molecule has 0 radical (unpaired) electrons. The van der Waals surface area contributed by atoms with Gasteiger partial charge in [0.15, 0.2) is 5.69 Å². The van der Waals surface area contributed by atoms with E-state index in [0.29, 0.717) is 12.0 Å². The number of halogens is 4. The quantitative estimate of drug-likeness (QED) is 0.784. The van der Waals surface area contributed by atoms with E-state index in [-0.39, 0.29) is 36.1 Å². The van der Waals surface area contributed by atoms with E-state index < -0.39 is 11.7 Å². The van der Waals surface area contributed by atoms with Crippen molar-refractivity contribution in [3.05, 3.63) is 47.3 Å². The van der Waals surface area contributed by atoms with Crippen molar-refractivity contribution in [1.29, 1.82) is 0 Å². The Bertz CT molecular complexity index is 772. The summed E-state index contributed by atoms with van der Waals surface area (Å²) in [4.78, 5) is 12.3. The summed E-state index contributed by atoms with van der Waals surface area (Å²) in [5.41, 5.74) is 0.277. The maximum atomic E-state index is 12.6. The Kier molecular flexibility index (Phi) is 7.42. The van der Waals surface area contributed by atoms with Crippen molar-refractivity contribution in [2.75, 3.05) is 13.1 Å². The number of alkyl halides is 3. The van der Waals surface area contributed by atoms with E-state index in [4.69, 9.17) is 0 Å². The maximum Gasteiger partial charge on any atom is 0.416 e. The highest BCUT2D eigenvalue weighted by atomic mass is 35.5. The van der Waals surface area contributed by atoms with Gasteiger partial charge >= 0.3 is 6.18 Å². The predicted octanol–water partition coefficient (Wildman–Crippen LogP) is 3.00. The molecule has 1 aliphatic heterocycles. The average molecular weight is 418 g/mol. The first kappa shape index (κ1) is 22.2. The van der Waals surface area contributed by atoms with Crippen molar-refractivity contribution < 1.29 is 18.0 Å². The maximum absolute atomic E-state index is 12.6. The third kappa shape index (κ3) is 5.68. The number of aromatic nitrogens is 3. The lowest BCUT2D eigenvalue weighted by Gasteiger charge is -2.22. The standard InChI is InChI=1S/C18H22F3N5O.ClH/c1-12(10-13-2-4-14(5-3-13)18(19,20)21)23-17(27)16-11-26(25-24-16)15-6-8-22-9-7-15;/h2-5,11-12,15,22H,6-10H2,1H3,(H,23,27);1H. The molecule has 0 saturated carbocycles. The molecule has 0 bridgehead atoms. The van der Waals surface area contributed by atoms with Crippen LogP contribution in [0.15, 0.2) is 30.5 Å². The summed E-state index contributed by atoms with van der Waals surface area (Å²) in [7, 11) is 0. The van der Waals surface area contributed by atoms with Crippen LogP contribution in [-0.4, -0.2) is 40.0 Å². The van der Waals surface area contributed by atoms with Crippen molar-refractivity contribution in [2.45, 2.75) is 44.4 Å². The van der Waals surface area contributed by atoms with Gasteiger partial charge in [0.2, 0.25) is 0 Å². The Morgan fingerprint density at radius 2 is 1.93 bits per heavy atom. The van der Waals surface area contributed by atoms with E-state index in [1.807, 2.05) is 0 Å². The van der Waals surface area contributed by atoms with Gasteiger partial charge in [0, 0.05) is 6.04 Å². The highest BCUT2D eigenvalue weighted by Crippen LogP contribution is 2.29. The number of nitrogens with zero attached hydrogens (tertiary/aromatic N) is 3. The minimum atomic E-state index is -4.35. The zero-order valence-electron chi connectivity index (χ0n) is 15.4. The number of piperidine rings is 1. The minimum absolute atomic E-state index is 0. The van der Waals surface area contributed by atoms with Gasteiger partial charge in [0.25, 0.3) is 5.91 Å². The van der Waals surface area contributed by atoms with E-state index in [2.05, 4.69) is 20.9 Å². The highest BCUT2D eigenvalue weighted by Gasteiger charge is 2.30. The lowest BCUT2D eigenvalue weighted by molar-refractivity contribution is -0.137.